The van der Waals surface area contributed by atoms with E-state index in [0.29, 0.717) is 23.8 Å². The molecule has 27 heavy (non-hydrogen) atoms. The molecule has 1 aliphatic heterocycles. The maximum atomic E-state index is 12.8. The van der Waals surface area contributed by atoms with E-state index in [0.717, 1.165) is 6.42 Å². The molecule has 2 rings (SSSR count). The number of benzene rings is 1. The molecule has 4 atom stereocenters. The van der Waals surface area contributed by atoms with Gasteiger partial charge in [-0.25, -0.2) is 0 Å². The maximum Gasteiger partial charge on any atom is 0.251 e. The van der Waals surface area contributed by atoms with Gasteiger partial charge in [-0.05, 0) is 43.7 Å². The van der Waals surface area contributed by atoms with E-state index in [9.17, 15) is 14.4 Å². The number of carbonyl (C=O) groups is 3. The second-order valence-corrected chi connectivity index (χ2v) is 7.66. The van der Waals surface area contributed by atoms with Crippen LogP contribution in [0.4, 0.5) is 0 Å². The van der Waals surface area contributed by atoms with Crippen LogP contribution < -0.4 is 10.6 Å². The maximum absolute atomic E-state index is 12.8. The Labute approximate surface area is 161 Å². The predicted octanol–water partition coefficient (Wildman–Crippen LogP) is 2.33. The summed E-state index contributed by atoms with van der Waals surface area (Å²) in [6.07, 6.45) is 0.955. The highest BCUT2D eigenvalue weighted by atomic mass is 16.5. The van der Waals surface area contributed by atoms with Gasteiger partial charge in [-0.1, -0.05) is 39.0 Å². The molecule has 2 amide bonds. The van der Waals surface area contributed by atoms with Crippen LogP contribution in [0.2, 0.25) is 0 Å². The summed E-state index contributed by atoms with van der Waals surface area (Å²) in [7, 11) is 0. The molecule has 1 aromatic rings. The van der Waals surface area contributed by atoms with Crippen LogP contribution in [0.5, 0.6) is 0 Å². The zero-order valence-electron chi connectivity index (χ0n) is 16.5. The van der Waals surface area contributed by atoms with Crippen LogP contribution in [0.25, 0.3) is 0 Å². The van der Waals surface area contributed by atoms with Gasteiger partial charge in [-0.15, -0.1) is 0 Å². The first-order valence-corrected chi connectivity index (χ1v) is 9.60. The largest absolute Gasteiger partial charge is 0.368 e. The number of amides is 2. The molecule has 2 N–H and O–H groups in total. The molecule has 0 aliphatic carbocycles. The summed E-state index contributed by atoms with van der Waals surface area (Å²) in [4.78, 5) is 37.2. The molecule has 1 aromatic carbocycles. The second-order valence-electron chi connectivity index (χ2n) is 7.66. The summed E-state index contributed by atoms with van der Waals surface area (Å²) in [6, 6.07) is 7.45. The Kier molecular flexibility index (Phi) is 7.54. The molecule has 0 saturated carbocycles. The molecule has 1 fully saturated rings. The summed E-state index contributed by atoms with van der Waals surface area (Å²) in [6.45, 7) is 8.18. The van der Waals surface area contributed by atoms with Crippen molar-refractivity contribution in [3.63, 3.8) is 0 Å². The molecule has 0 radical (unpaired) electrons. The zero-order valence-corrected chi connectivity index (χ0v) is 16.5. The van der Waals surface area contributed by atoms with E-state index < -0.39 is 12.1 Å². The van der Waals surface area contributed by atoms with Crippen molar-refractivity contribution in [3.8, 4) is 0 Å². The van der Waals surface area contributed by atoms with Crippen LogP contribution in [-0.4, -0.2) is 42.4 Å². The lowest BCUT2D eigenvalue weighted by atomic mass is 9.91. The van der Waals surface area contributed by atoms with E-state index in [4.69, 9.17) is 4.74 Å². The van der Waals surface area contributed by atoms with E-state index in [-0.39, 0.29) is 30.3 Å². The lowest BCUT2D eigenvalue weighted by Gasteiger charge is -2.24. The third-order valence-corrected chi connectivity index (χ3v) is 5.31. The van der Waals surface area contributed by atoms with E-state index in [1.165, 1.54) is 0 Å². The van der Waals surface area contributed by atoms with E-state index in [1.54, 1.807) is 31.2 Å². The molecule has 0 bridgehead atoms. The lowest BCUT2D eigenvalue weighted by molar-refractivity contribution is -0.127. The highest BCUT2D eigenvalue weighted by molar-refractivity contribution is 5.98. The fraction of sp³-hybridized carbons (Fsp3) is 0.571. The lowest BCUT2D eigenvalue weighted by Crippen LogP contribution is -2.53. The Morgan fingerprint density at radius 2 is 1.81 bits per heavy atom. The first kappa shape index (κ1) is 21.1. The third kappa shape index (κ3) is 5.89. The second kappa shape index (κ2) is 9.65. The van der Waals surface area contributed by atoms with Crippen LogP contribution in [0, 0.1) is 11.8 Å². The number of rotatable bonds is 8. The summed E-state index contributed by atoms with van der Waals surface area (Å²) in [5, 5.41) is 5.59. The SMILES string of the molecule is CC(C)C(C)CCC(NC(=O)c1ccccc1)C(=O)N[C@@H]1C(=O)CO[C@H]1C. The topological polar surface area (TPSA) is 84.5 Å². The molecular formula is C21H30N2O4. The van der Waals surface area contributed by atoms with Gasteiger partial charge in [0.05, 0.1) is 6.10 Å². The number of carbonyl (C=O) groups excluding carboxylic acids is 3. The number of Topliss-reactive ketones (excluding diaryl/α,β-unsaturated/α-hetero) is 1. The van der Waals surface area contributed by atoms with Gasteiger partial charge in [-0.2, -0.15) is 0 Å². The average Bonchev–Trinajstić information content (AvgIpc) is 2.97. The molecule has 0 aromatic heterocycles. The van der Waals surface area contributed by atoms with Crippen LogP contribution in [0.3, 0.4) is 0 Å². The minimum atomic E-state index is -0.695. The van der Waals surface area contributed by atoms with Crippen molar-refractivity contribution in [1.82, 2.24) is 10.6 Å². The van der Waals surface area contributed by atoms with E-state index in [1.807, 2.05) is 6.07 Å². The van der Waals surface area contributed by atoms with Crippen LogP contribution in [-0.2, 0) is 14.3 Å². The van der Waals surface area contributed by atoms with E-state index >= 15 is 0 Å². The van der Waals surface area contributed by atoms with Crippen molar-refractivity contribution in [1.29, 1.82) is 0 Å². The molecule has 1 aliphatic rings. The summed E-state index contributed by atoms with van der Waals surface area (Å²) in [5.41, 5.74) is 0.501. The van der Waals surface area contributed by atoms with Crippen molar-refractivity contribution in [2.24, 2.45) is 11.8 Å². The molecule has 6 nitrogen and oxygen atoms in total. The van der Waals surface area contributed by atoms with Gasteiger partial charge in [0.1, 0.15) is 18.7 Å². The smallest absolute Gasteiger partial charge is 0.251 e. The Bertz CT molecular complexity index is 659. The number of ether oxygens (including phenoxy) is 1. The molecule has 6 heteroatoms. The zero-order chi connectivity index (χ0) is 20.0. The first-order chi connectivity index (χ1) is 12.8. The first-order valence-electron chi connectivity index (χ1n) is 9.60. The summed E-state index contributed by atoms with van der Waals surface area (Å²) in [5.74, 6) is 0.133. The Morgan fingerprint density at radius 1 is 1.15 bits per heavy atom. The Hall–Kier alpha value is -2.21. The predicted molar refractivity (Wildman–Crippen MR) is 103 cm³/mol. The third-order valence-electron chi connectivity index (χ3n) is 5.31. The average molecular weight is 374 g/mol. The normalized spacial score (nSPS) is 21.7. The van der Waals surface area contributed by atoms with Gasteiger partial charge in [0.15, 0.2) is 5.78 Å². The highest BCUT2D eigenvalue weighted by Gasteiger charge is 2.35. The van der Waals surface area contributed by atoms with E-state index in [2.05, 4.69) is 31.4 Å². The standard InChI is InChI=1S/C21H30N2O4/c1-13(2)14(3)10-11-17(22-20(25)16-8-6-5-7-9-16)21(26)23-19-15(4)27-12-18(19)24/h5-9,13-15,17,19H,10-12H2,1-4H3,(H,22,25)(H,23,26)/t14?,15-,17?,19-/m0/s1. The van der Waals surface area contributed by atoms with Crippen molar-refractivity contribution >= 4 is 17.6 Å². The van der Waals surface area contributed by atoms with Gasteiger partial charge in [0.2, 0.25) is 5.91 Å². The quantitative estimate of drug-likeness (QED) is 0.731. The number of ketones is 1. The minimum absolute atomic E-state index is 0.0114. The van der Waals surface area contributed by atoms with Crippen LogP contribution in [0.15, 0.2) is 30.3 Å². The summed E-state index contributed by atoms with van der Waals surface area (Å²) < 4.78 is 5.29. The molecule has 148 valence electrons. The number of hydrogen-bond donors (Lipinski definition) is 2. The van der Waals surface area contributed by atoms with Crippen LogP contribution >= 0.6 is 0 Å². The Balaban J connectivity index is 2.07. The molecule has 1 heterocycles. The van der Waals surface area contributed by atoms with Gasteiger partial charge in [-0.3, -0.25) is 14.4 Å². The fourth-order valence-corrected chi connectivity index (χ4v) is 2.98. The number of nitrogens with one attached hydrogen (secondary N) is 2. The minimum Gasteiger partial charge on any atom is -0.368 e. The summed E-state index contributed by atoms with van der Waals surface area (Å²) >= 11 is 0. The van der Waals surface area contributed by atoms with Gasteiger partial charge in [0.25, 0.3) is 5.91 Å². The van der Waals surface area contributed by atoms with Gasteiger partial charge < -0.3 is 15.4 Å². The van der Waals surface area contributed by atoms with Gasteiger partial charge in [0, 0.05) is 5.56 Å². The van der Waals surface area contributed by atoms with Crippen molar-refractivity contribution in [3.05, 3.63) is 35.9 Å². The van der Waals surface area contributed by atoms with Gasteiger partial charge >= 0.3 is 0 Å². The van der Waals surface area contributed by atoms with Crippen molar-refractivity contribution < 1.29 is 19.1 Å². The highest BCUT2D eigenvalue weighted by Crippen LogP contribution is 2.18. The Morgan fingerprint density at radius 3 is 2.37 bits per heavy atom. The van der Waals surface area contributed by atoms with Crippen molar-refractivity contribution in [2.75, 3.05) is 6.61 Å². The van der Waals surface area contributed by atoms with Crippen LogP contribution in [0.1, 0.15) is 50.9 Å². The number of hydrogen-bond acceptors (Lipinski definition) is 4. The van der Waals surface area contributed by atoms with Crippen molar-refractivity contribution in [2.45, 2.75) is 58.7 Å². The molecular weight excluding hydrogens is 344 g/mol. The molecule has 2 unspecified atom stereocenters. The molecule has 0 spiro atoms. The molecule has 1 saturated heterocycles. The fourth-order valence-electron chi connectivity index (χ4n) is 2.98. The monoisotopic (exact) mass is 374 g/mol.